The fourth-order valence-corrected chi connectivity index (χ4v) is 3.21. The third-order valence-corrected chi connectivity index (χ3v) is 3.96. The number of hydrogen-bond acceptors (Lipinski definition) is 4. The van der Waals surface area contributed by atoms with E-state index in [1.165, 1.54) is 25.7 Å². The van der Waals surface area contributed by atoms with Gasteiger partial charge in [0.2, 0.25) is 0 Å². The van der Waals surface area contributed by atoms with E-state index in [1.54, 1.807) is 0 Å². The highest BCUT2D eigenvalue weighted by atomic mass is 16.5. The second-order valence-electron chi connectivity index (χ2n) is 5.40. The molecule has 4 nitrogen and oxygen atoms in total. The maximum atomic E-state index is 11.5. The molecule has 2 rings (SSSR count). The van der Waals surface area contributed by atoms with Crippen molar-refractivity contribution in [3.05, 3.63) is 0 Å². The maximum absolute atomic E-state index is 11.5. The van der Waals surface area contributed by atoms with Crippen LogP contribution >= 0.6 is 0 Å². The molecule has 2 heterocycles. The topological polar surface area (TPSA) is 41.6 Å². The highest BCUT2D eigenvalue weighted by Crippen LogP contribution is 2.35. The number of carbonyl (C=O) groups is 1. The van der Waals surface area contributed by atoms with Crippen molar-refractivity contribution < 1.29 is 9.53 Å². The van der Waals surface area contributed by atoms with Gasteiger partial charge < -0.3 is 10.1 Å². The van der Waals surface area contributed by atoms with Crippen molar-refractivity contribution in [3.63, 3.8) is 0 Å². The number of ether oxygens (including phenoxy) is 1. The Kier molecular flexibility index (Phi) is 4.40. The fraction of sp³-hybridized carbons (Fsp3) is 0.923. The summed E-state index contributed by atoms with van der Waals surface area (Å²) < 4.78 is 5.02. The number of carbonyl (C=O) groups excluding carboxylic acids is 1. The van der Waals surface area contributed by atoms with Crippen LogP contribution in [0.5, 0.6) is 0 Å². The van der Waals surface area contributed by atoms with Crippen LogP contribution < -0.4 is 5.32 Å². The van der Waals surface area contributed by atoms with E-state index >= 15 is 0 Å². The lowest BCUT2D eigenvalue weighted by atomic mass is 9.74. The van der Waals surface area contributed by atoms with E-state index in [9.17, 15) is 4.79 Å². The molecule has 0 aromatic heterocycles. The van der Waals surface area contributed by atoms with Crippen molar-refractivity contribution in [2.75, 3.05) is 39.3 Å². The first-order valence-corrected chi connectivity index (χ1v) is 6.83. The Bertz CT molecular complexity index is 257. The first-order valence-electron chi connectivity index (χ1n) is 6.83. The van der Waals surface area contributed by atoms with Gasteiger partial charge in [-0.1, -0.05) is 0 Å². The van der Waals surface area contributed by atoms with Crippen LogP contribution in [0.2, 0.25) is 0 Å². The Morgan fingerprint density at radius 2 is 2.24 bits per heavy atom. The zero-order chi connectivity index (χ0) is 12.1. The zero-order valence-corrected chi connectivity index (χ0v) is 10.8. The molecule has 0 amide bonds. The molecule has 2 aliphatic heterocycles. The summed E-state index contributed by atoms with van der Waals surface area (Å²) in [5.41, 5.74) is 0.420. The average molecular weight is 240 g/mol. The second kappa shape index (κ2) is 5.83. The van der Waals surface area contributed by atoms with Gasteiger partial charge in [-0.15, -0.1) is 0 Å². The van der Waals surface area contributed by atoms with Gasteiger partial charge in [-0.05, 0) is 51.1 Å². The number of hydrogen-bond donors (Lipinski definition) is 1. The van der Waals surface area contributed by atoms with Crippen molar-refractivity contribution in [1.29, 1.82) is 0 Å². The predicted octanol–water partition coefficient (Wildman–Crippen LogP) is 1.02. The molecular weight excluding hydrogens is 216 g/mol. The van der Waals surface area contributed by atoms with Gasteiger partial charge >= 0.3 is 5.97 Å². The lowest BCUT2D eigenvalue weighted by molar-refractivity contribution is -0.145. The smallest absolute Gasteiger partial charge is 0.320 e. The number of rotatable bonds is 3. The van der Waals surface area contributed by atoms with Crippen LogP contribution in [0.25, 0.3) is 0 Å². The lowest BCUT2D eigenvalue weighted by Gasteiger charge is -2.45. The van der Waals surface area contributed by atoms with Crippen LogP contribution in [-0.4, -0.2) is 50.2 Å². The van der Waals surface area contributed by atoms with Gasteiger partial charge in [0.25, 0.3) is 0 Å². The van der Waals surface area contributed by atoms with Gasteiger partial charge in [0, 0.05) is 13.1 Å². The summed E-state index contributed by atoms with van der Waals surface area (Å²) in [7, 11) is 0. The van der Waals surface area contributed by atoms with Gasteiger partial charge in [0.15, 0.2) is 0 Å². The van der Waals surface area contributed by atoms with Crippen LogP contribution in [-0.2, 0) is 9.53 Å². The number of nitrogens with zero attached hydrogens (tertiary/aromatic N) is 1. The first kappa shape index (κ1) is 12.8. The zero-order valence-electron chi connectivity index (χ0n) is 10.8. The lowest BCUT2D eigenvalue weighted by Crippen LogP contribution is -2.52. The van der Waals surface area contributed by atoms with E-state index in [4.69, 9.17) is 4.74 Å². The summed E-state index contributed by atoms with van der Waals surface area (Å²) in [5.74, 6) is -0.0756. The van der Waals surface area contributed by atoms with Gasteiger partial charge in [0.1, 0.15) is 0 Å². The minimum Gasteiger partial charge on any atom is -0.465 e. The highest BCUT2D eigenvalue weighted by Gasteiger charge is 2.36. The van der Waals surface area contributed by atoms with Crippen molar-refractivity contribution in [2.24, 2.45) is 5.41 Å². The molecular formula is C13H24N2O2. The molecule has 1 unspecified atom stereocenters. The average Bonchev–Trinajstić information content (AvgIpc) is 2.30. The molecule has 0 aromatic carbocycles. The van der Waals surface area contributed by atoms with Crippen LogP contribution in [0.3, 0.4) is 0 Å². The third-order valence-electron chi connectivity index (χ3n) is 3.96. The fourth-order valence-electron chi connectivity index (χ4n) is 3.21. The minimum absolute atomic E-state index is 0.0756. The molecule has 0 aromatic rings. The number of esters is 1. The highest BCUT2D eigenvalue weighted by molar-refractivity contribution is 5.71. The van der Waals surface area contributed by atoms with E-state index < -0.39 is 0 Å². The van der Waals surface area contributed by atoms with Gasteiger partial charge in [-0.2, -0.15) is 0 Å². The molecule has 1 atom stereocenters. The monoisotopic (exact) mass is 240 g/mol. The van der Waals surface area contributed by atoms with Crippen molar-refractivity contribution in [3.8, 4) is 0 Å². The van der Waals surface area contributed by atoms with Crippen molar-refractivity contribution in [2.45, 2.75) is 32.6 Å². The van der Waals surface area contributed by atoms with Crippen LogP contribution in [0.1, 0.15) is 32.6 Å². The molecule has 0 saturated carbocycles. The largest absolute Gasteiger partial charge is 0.465 e. The Morgan fingerprint density at radius 1 is 1.41 bits per heavy atom. The van der Waals surface area contributed by atoms with E-state index in [0.717, 1.165) is 26.2 Å². The minimum atomic E-state index is -0.0756. The predicted molar refractivity (Wildman–Crippen MR) is 66.8 cm³/mol. The summed E-state index contributed by atoms with van der Waals surface area (Å²) in [6, 6.07) is 0. The van der Waals surface area contributed by atoms with E-state index in [2.05, 4.69) is 10.2 Å². The maximum Gasteiger partial charge on any atom is 0.320 e. The molecule has 4 heteroatoms. The van der Waals surface area contributed by atoms with Crippen LogP contribution in [0, 0.1) is 5.41 Å². The van der Waals surface area contributed by atoms with Crippen molar-refractivity contribution >= 4 is 5.97 Å². The van der Waals surface area contributed by atoms with E-state index in [1.807, 2.05) is 6.92 Å². The van der Waals surface area contributed by atoms with Crippen LogP contribution in [0.15, 0.2) is 0 Å². The molecule has 98 valence electrons. The Labute approximate surface area is 104 Å². The number of piperidine rings is 2. The molecule has 1 N–H and O–H groups in total. The molecule has 0 aliphatic carbocycles. The Balaban J connectivity index is 1.85. The van der Waals surface area contributed by atoms with Gasteiger partial charge in [-0.25, -0.2) is 0 Å². The molecule has 2 saturated heterocycles. The Hall–Kier alpha value is -0.610. The second-order valence-corrected chi connectivity index (χ2v) is 5.40. The summed E-state index contributed by atoms with van der Waals surface area (Å²) >= 11 is 0. The summed E-state index contributed by atoms with van der Waals surface area (Å²) in [6.07, 6.45) is 5.09. The number of nitrogens with one attached hydrogen (secondary N) is 1. The Morgan fingerprint density at radius 3 is 2.94 bits per heavy atom. The molecule has 0 radical (unpaired) electrons. The number of likely N-dealkylation sites (tertiary alicyclic amines) is 1. The van der Waals surface area contributed by atoms with E-state index in [0.29, 0.717) is 18.6 Å². The molecule has 0 bridgehead atoms. The van der Waals surface area contributed by atoms with E-state index in [-0.39, 0.29) is 5.97 Å². The standard InChI is InChI=1S/C13H24N2O2/c1-2-17-12(16)9-15-8-4-6-13(11-15)5-3-7-14-10-13/h14H,2-11H2,1H3. The summed E-state index contributed by atoms with van der Waals surface area (Å²) in [5, 5.41) is 3.50. The molecule has 2 aliphatic rings. The summed E-state index contributed by atoms with van der Waals surface area (Å²) in [4.78, 5) is 13.8. The van der Waals surface area contributed by atoms with Gasteiger partial charge in [-0.3, -0.25) is 9.69 Å². The first-order chi connectivity index (χ1) is 8.24. The van der Waals surface area contributed by atoms with Crippen molar-refractivity contribution in [1.82, 2.24) is 10.2 Å². The quantitative estimate of drug-likeness (QED) is 0.748. The van der Waals surface area contributed by atoms with Crippen LogP contribution in [0.4, 0.5) is 0 Å². The summed E-state index contributed by atoms with van der Waals surface area (Å²) in [6.45, 7) is 7.18. The molecule has 1 spiro atoms. The normalized spacial score (nSPS) is 30.4. The molecule has 17 heavy (non-hydrogen) atoms. The third kappa shape index (κ3) is 3.42. The molecule has 2 fully saturated rings. The SMILES string of the molecule is CCOC(=O)CN1CCCC2(CCCNC2)C1. The van der Waals surface area contributed by atoms with Gasteiger partial charge in [0.05, 0.1) is 13.2 Å².